The van der Waals surface area contributed by atoms with Crippen molar-refractivity contribution < 1.29 is 9.52 Å². The number of fused-ring (bicyclic) bond motifs is 3. The van der Waals surface area contributed by atoms with Crippen LogP contribution in [-0.2, 0) is 12.8 Å². The largest absolute Gasteiger partial charge is 0.505 e. The van der Waals surface area contributed by atoms with E-state index in [2.05, 4.69) is 250 Å². The smallest absolute Gasteiger partial charge is 0.159 e. The maximum absolute atomic E-state index is 12.7. The molecule has 0 spiro atoms. The Bertz CT molecular complexity index is 4260. The Labute approximate surface area is 432 Å². The number of nitrogens with zero attached hydrogens (tertiary/aromatic N) is 2. The highest BCUT2D eigenvalue weighted by Gasteiger charge is 2.26. The molecule has 4 nitrogen and oxygen atoms in total. The minimum Gasteiger partial charge on any atom is -0.505 e. The summed E-state index contributed by atoms with van der Waals surface area (Å²) < 4.78 is 7.17. The van der Waals surface area contributed by atoms with Gasteiger partial charge in [0.1, 0.15) is 11.3 Å². The Kier molecular flexibility index (Phi) is 11.0. The molecule has 1 heterocycles. The first-order chi connectivity index (χ1) is 36.4. The molecule has 0 saturated heterocycles. The predicted molar refractivity (Wildman–Crippen MR) is 313 cm³/mol. The van der Waals surface area contributed by atoms with Crippen LogP contribution < -0.4 is 9.80 Å². The van der Waals surface area contributed by atoms with Crippen LogP contribution in [0.2, 0.25) is 0 Å². The first kappa shape index (κ1) is 44.8. The van der Waals surface area contributed by atoms with Gasteiger partial charge in [0.25, 0.3) is 0 Å². The van der Waals surface area contributed by atoms with E-state index in [0.29, 0.717) is 5.69 Å². The van der Waals surface area contributed by atoms with Crippen molar-refractivity contribution in [1.82, 2.24) is 0 Å². The van der Waals surface area contributed by atoms with E-state index in [-0.39, 0.29) is 5.75 Å². The quantitative estimate of drug-likeness (QED) is 0.131. The Morgan fingerprint density at radius 2 is 0.824 bits per heavy atom. The van der Waals surface area contributed by atoms with Gasteiger partial charge in [0.15, 0.2) is 5.58 Å². The van der Waals surface area contributed by atoms with Gasteiger partial charge in [0.2, 0.25) is 0 Å². The van der Waals surface area contributed by atoms with Gasteiger partial charge in [-0.05, 0) is 147 Å². The highest BCUT2D eigenvalue weighted by molar-refractivity contribution is 6.28. The zero-order valence-corrected chi connectivity index (χ0v) is 42.0. The Morgan fingerprint density at radius 3 is 1.42 bits per heavy atom. The number of para-hydroxylation sites is 3. The van der Waals surface area contributed by atoms with Gasteiger partial charge in [-0.3, -0.25) is 0 Å². The molecule has 0 unspecified atom stereocenters. The van der Waals surface area contributed by atoms with E-state index in [1.165, 1.54) is 44.2 Å². The zero-order valence-electron chi connectivity index (χ0n) is 42.0. The number of aromatic hydroxyl groups is 1. The molecule has 1 N–H and O–H groups in total. The van der Waals surface area contributed by atoms with Crippen LogP contribution in [0.3, 0.4) is 0 Å². The van der Waals surface area contributed by atoms with Crippen LogP contribution in [0.25, 0.3) is 87.6 Å². The van der Waals surface area contributed by atoms with Gasteiger partial charge in [0.05, 0.1) is 22.7 Å². The summed E-state index contributed by atoms with van der Waals surface area (Å²) in [5.41, 5.74) is 18.6. The minimum atomic E-state index is 0.220. The molecular formula is C70H54N2O2. The second-order valence-electron chi connectivity index (χ2n) is 19.6. The highest BCUT2D eigenvalue weighted by atomic mass is 16.3. The standard InChI is InChI=1S/C70H54N2O2/c1-5-46-27-35-52(36-28-46)71(64-25-13-21-56(68(64)73)51-18-11-17-50(43-51)54-19-9-7-15-44(54)3)62-41-33-48-32-40-61-63(42-34-49-31-39-60(62)66(48)67(49)61)72(53-37-29-47(6-2)30-38-53)65-26-14-24-59-58-23-12-22-57(69(58)74-70(59)65)55-20-10-8-16-45(55)4/h7-43,73H,5-6H2,1-4H3. The van der Waals surface area contributed by atoms with Crippen molar-refractivity contribution in [2.24, 2.45) is 0 Å². The van der Waals surface area contributed by atoms with Crippen LogP contribution in [-0.4, -0.2) is 5.11 Å². The average molecular weight is 955 g/mol. The lowest BCUT2D eigenvalue weighted by Crippen LogP contribution is -2.12. The summed E-state index contributed by atoms with van der Waals surface area (Å²) in [6, 6.07) is 80.5. The Balaban J connectivity index is 1.02. The lowest BCUT2D eigenvalue weighted by Gasteiger charge is -2.30. The molecule has 0 radical (unpaired) electrons. The van der Waals surface area contributed by atoms with Crippen LogP contribution in [0.15, 0.2) is 229 Å². The molecule has 0 bridgehead atoms. The van der Waals surface area contributed by atoms with Crippen molar-refractivity contribution in [3.05, 3.63) is 247 Å². The molecule has 0 aliphatic heterocycles. The molecule has 0 saturated carbocycles. The van der Waals surface area contributed by atoms with Gasteiger partial charge < -0.3 is 19.3 Å². The van der Waals surface area contributed by atoms with E-state index in [1.807, 2.05) is 12.1 Å². The average Bonchev–Trinajstić information content (AvgIpc) is 3.90. The molecule has 0 amide bonds. The number of aryl methyl sites for hydroxylation is 4. The minimum absolute atomic E-state index is 0.220. The number of hydrogen-bond acceptors (Lipinski definition) is 4. The van der Waals surface area contributed by atoms with Crippen molar-refractivity contribution in [2.75, 3.05) is 9.80 Å². The van der Waals surface area contributed by atoms with Gasteiger partial charge in [-0.15, -0.1) is 0 Å². The summed E-state index contributed by atoms with van der Waals surface area (Å²) >= 11 is 0. The summed E-state index contributed by atoms with van der Waals surface area (Å²) in [5, 5.41) is 21.7. The Hall–Kier alpha value is -9.12. The lowest BCUT2D eigenvalue weighted by atomic mass is 9.91. The lowest BCUT2D eigenvalue weighted by molar-refractivity contribution is 0.478. The third-order valence-corrected chi connectivity index (χ3v) is 15.4. The maximum atomic E-state index is 12.7. The summed E-state index contributed by atoms with van der Waals surface area (Å²) in [6.07, 6.45) is 1.88. The number of phenolic OH excluding ortho intramolecular Hbond substituents is 1. The molecule has 13 aromatic rings. The third-order valence-electron chi connectivity index (χ3n) is 15.4. The predicted octanol–water partition coefficient (Wildman–Crippen LogP) is 19.9. The summed E-state index contributed by atoms with van der Waals surface area (Å²) in [6.45, 7) is 8.69. The van der Waals surface area contributed by atoms with Gasteiger partial charge in [-0.1, -0.05) is 184 Å². The van der Waals surface area contributed by atoms with E-state index >= 15 is 0 Å². The number of furan rings is 1. The third kappa shape index (κ3) is 7.36. The summed E-state index contributed by atoms with van der Waals surface area (Å²) in [7, 11) is 0. The van der Waals surface area contributed by atoms with E-state index in [9.17, 15) is 5.11 Å². The second-order valence-corrected chi connectivity index (χ2v) is 19.6. The van der Waals surface area contributed by atoms with Crippen LogP contribution in [0.1, 0.15) is 36.1 Å². The zero-order chi connectivity index (χ0) is 50.0. The van der Waals surface area contributed by atoms with Crippen molar-refractivity contribution in [2.45, 2.75) is 40.5 Å². The van der Waals surface area contributed by atoms with E-state index in [1.54, 1.807) is 0 Å². The van der Waals surface area contributed by atoms with Gasteiger partial charge in [-0.2, -0.15) is 0 Å². The fourth-order valence-corrected chi connectivity index (χ4v) is 11.5. The van der Waals surface area contributed by atoms with Crippen molar-refractivity contribution in [1.29, 1.82) is 0 Å². The molecule has 356 valence electrons. The van der Waals surface area contributed by atoms with Crippen molar-refractivity contribution in [3.63, 3.8) is 0 Å². The molecule has 0 atom stereocenters. The molecule has 4 heteroatoms. The molecular weight excluding hydrogens is 901 g/mol. The summed E-state index contributed by atoms with van der Waals surface area (Å²) in [4.78, 5) is 4.63. The van der Waals surface area contributed by atoms with Gasteiger partial charge >= 0.3 is 0 Å². The topological polar surface area (TPSA) is 39.9 Å². The first-order valence-corrected chi connectivity index (χ1v) is 25.8. The molecule has 0 aliphatic carbocycles. The molecule has 12 aromatic carbocycles. The van der Waals surface area contributed by atoms with Crippen LogP contribution in [0.4, 0.5) is 34.1 Å². The maximum Gasteiger partial charge on any atom is 0.159 e. The number of hydrogen-bond donors (Lipinski definition) is 1. The highest BCUT2D eigenvalue weighted by Crippen LogP contribution is 2.51. The molecule has 0 fully saturated rings. The SMILES string of the molecule is CCc1ccc(N(c2cccc(-c3cccc(-c4ccccc4C)c3)c2O)c2ccc3ccc4c(N(c5ccc(CC)cc5)c5cccc6c5oc5c(-c7ccccc7C)cccc56)ccc5ccc2c3c54)cc1. The van der Waals surface area contributed by atoms with E-state index in [4.69, 9.17) is 4.42 Å². The van der Waals surface area contributed by atoms with Gasteiger partial charge in [-0.25, -0.2) is 0 Å². The van der Waals surface area contributed by atoms with E-state index < -0.39 is 0 Å². The second kappa shape index (κ2) is 18.2. The molecule has 74 heavy (non-hydrogen) atoms. The first-order valence-electron chi connectivity index (χ1n) is 25.8. The fourth-order valence-electron chi connectivity index (χ4n) is 11.5. The number of phenols is 1. The van der Waals surface area contributed by atoms with E-state index in [0.717, 1.165) is 107 Å². The van der Waals surface area contributed by atoms with Crippen LogP contribution >= 0.6 is 0 Å². The monoisotopic (exact) mass is 954 g/mol. The number of rotatable bonds is 11. The van der Waals surface area contributed by atoms with Gasteiger partial charge in [0, 0.05) is 44.0 Å². The van der Waals surface area contributed by atoms with Crippen molar-refractivity contribution in [3.8, 4) is 39.1 Å². The fraction of sp³-hybridized carbons (Fsp3) is 0.0857. The summed E-state index contributed by atoms with van der Waals surface area (Å²) in [5.74, 6) is 0.220. The Morgan fingerprint density at radius 1 is 0.365 bits per heavy atom. The normalized spacial score (nSPS) is 11.7. The molecule has 1 aromatic heterocycles. The molecule has 0 aliphatic rings. The van der Waals surface area contributed by atoms with Crippen molar-refractivity contribution >= 4 is 88.4 Å². The van der Waals surface area contributed by atoms with Crippen LogP contribution in [0.5, 0.6) is 5.75 Å². The number of anilines is 6. The molecule has 13 rings (SSSR count). The van der Waals surface area contributed by atoms with Crippen LogP contribution in [0, 0.1) is 13.8 Å². The number of benzene rings is 12.